The molecule has 3 heteroatoms. The van der Waals surface area contributed by atoms with Crippen molar-refractivity contribution >= 4 is 5.97 Å². The molecule has 0 aromatic heterocycles. The van der Waals surface area contributed by atoms with Crippen molar-refractivity contribution < 1.29 is 9.53 Å². The van der Waals surface area contributed by atoms with E-state index in [4.69, 9.17) is 10.5 Å². The van der Waals surface area contributed by atoms with E-state index in [1.54, 1.807) is 0 Å². The Labute approximate surface area is 131 Å². The van der Waals surface area contributed by atoms with Crippen LogP contribution in [0.3, 0.4) is 0 Å². The Hall–Kier alpha value is -2.13. The van der Waals surface area contributed by atoms with Gasteiger partial charge in [-0.3, -0.25) is 4.79 Å². The van der Waals surface area contributed by atoms with Gasteiger partial charge in [0.05, 0.1) is 0 Å². The van der Waals surface area contributed by atoms with Crippen LogP contribution in [0.1, 0.15) is 30.9 Å². The van der Waals surface area contributed by atoms with Gasteiger partial charge in [0.2, 0.25) is 0 Å². The third kappa shape index (κ3) is 2.53. The highest BCUT2D eigenvalue weighted by Gasteiger charge is 2.29. The summed E-state index contributed by atoms with van der Waals surface area (Å²) in [5.41, 5.74) is 10.8. The Morgan fingerprint density at radius 1 is 1.05 bits per heavy atom. The second kappa shape index (κ2) is 5.93. The van der Waals surface area contributed by atoms with E-state index in [2.05, 4.69) is 24.3 Å². The first-order valence-electron chi connectivity index (χ1n) is 7.70. The molecule has 0 heterocycles. The monoisotopic (exact) mass is 295 g/mol. The number of esters is 1. The van der Waals surface area contributed by atoms with Gasteiger partial charge in [-0.2, -0.15) is 0 Å². The van der Waals surface area contributed by atoms with Crippen molar-refractivity contribution in [2.24, 2.45) is 11.7 Å². The van der Waals surface area contributed by atoms with Crippen molar-refractivity contribution in [3.05, 3.63) is 59.7 Å². The standard InChI is InChI=1S/C19H21NO2/c1-12(2)18(20)19(21)22-11-17-15-9-5-3-7-13(15)14-8-4-6-10-16(14)17/h3-10,12,17-18H,11,20H2,1-2H3/t18-/m0/s1. The van der Waals surface area contributed by atoms with Crippen LogP contribution < -0.4 is 5.73 Å². The van der Waals surface area contributed by atoms with Crippen LogP contribution in [0, 0.1) is 5.92 Å². The van der Waals surface area contributed by atoms with Gasteiger partial charge >= 0.3 is 5.97 Å². The van der Waals surface area contributed by atoms with Gasteiger partial charge in [-0.1, -0.05) is 62.4 Å². The lowest BCUT2D eigenvalue weighted by molar-refractivity contribution is -0.146. The number of hydrogen-bond donors (Lipinski definition) is 1. The van der Waals surface area contributed by atoms with Gasteiger partial charge in [0.15, 0.2) is 0 Å². The maximum absolute atomic E-state index is 12.0. The fourth-order valence-electron chi connectivity index (χ4n) is 2.97. The predicted octanol–water partition coefficient (Wildman–Crippen LogP) is 3.33. The molecular weight excluding hydrogens is 274 g/mol. The quantitative estimate of drug-likeness (QED) is 0.880. The van der Waals surface area contributed by atoms with E-state index in [1.165, 1.54) is 22.3 Å². The van der Waals surface area contributed by atoms with Crippen molar-refractivity contribution in [3.63, 3.8) is 0 Å². The average molecular weight is 295 g/mol. The van der Waals surface area contributed by atoms with Gasteiger partial charge in [0.1, 0.15) is 12.6 Å². The lowest BCUT2D eigenvalue weighted by Crippen LogP contribution is -2.37. The van der Waals surface area contributed by atoms with Crippen LogP contribution in [0.25, 0.3) is 11.1 Å². The molecule has 1 atom stereocenters. The molecule has 1 aliphatic carbocycles. The molecule has 0 amide bonds. The maximum atomic E-state index is 12.0. The molecule has 0 fully saturated rings. The molecule has 0 saturated carbocycles. The van der Waals surface area contributed by atoms with Gasteiger partial charge in [-0.25, -0.2) is 0 Å². The summed E-state index contributed by atoms with van der Waals surface area (Å²) < 4.78 is 5.50. The molecule has 0 unspecified atom stereocenters. The van der Waals surface area contributed by atoms with E-state index < -0.39 is 6.04 Å². The molecule has 0 radical (unpaired) electrons. The molecule has 3 rings (SSSR count). The van der Waals surface area contributed by atoms with Crippen LogP contribution in [0.5, 0.6) is 0 Å². The van der Waals surface area contributed by atoms with Crippen LogP contribution in [0.15, 0.2) is 48.5 Å². The molecule has 0 spiro atoms. The number of rotatable bonds is 4. The maximum Gasteiger partial charge on any atom is 0.323 e. The summed E-state index contributed by atoms with van der Waals surface area (Å²) in [4.78, 5) is 12.0. The molecule has 114 valence electrons. The molecule has 0 saturated heterocycles. The number of hydrogen-bond acceptors (Lipinski definition) is 3. The fraction of sp³-hybridized carbons (Fsp3) is 0.316. The summed E-state index contributed by atoms with van der Waals surface area (Å²) in [7, 11) is 0. The Balaban J connectivity index is 1.84. The van der Waals surface area contributed by atoms with Crippen molar-refractivity contribution in [3.8, 4) is 11.1 Å². The van der Waals surface area contributed by atoms with Crippen molar-refractivity contribution in [1.29, 1.82) is 0 Å². The van der Waals surface area contributed by atoms with Crippen molar-refractivity contribution in [2.75, 3.05) is 6.61 Å². The smallest absolute Gasteiger partial charge is 0.323 e. The van der Waals surface area contributed by atoms with Crippen molar-refractivity contribution in [2.45, 2.75) is 25.8 Å². The zero-order chi connectivity index (χ0) is 15.7. The van der Waals surface area contributed by atoms with E-state index in [0.717, 1.165) is 0 Å². The van der Waals surface area contributed by atoms with E-state index in [1.807, 2.05) is 38.1 Å². The van der Waals surface area contributed by atoms with Gasteiger partial charge in [0, 0.05) is 5.92 Å². The summed E-state index contributed by atoms with van der Waals surface area (Å²) in [6.07, 6.45) is 0. The highest BCUT2D eigenvalue weighted by molar-refractivity contribution is 5.79. The van der Waals surface area contributed by atoms with Crippen LogP contribution in [0.4, 0.5) is 0 Å². The topological polar surface area (TPSA) is 52.3 Å². The SMILES string of the molecule is CC(C)[C@H](N)C(=O)OCC1c2ccccc2-c2ccccc21. The summed E-state index contributed by atoms with van der Waals surface area (Å²) in [6.45, 7) is 4.19. The average Bonchev–Trinajstić information content (AvgIpc) is 2.86. The number of ether oxygens (including phenoxy) is 1. The highest BCUT2D eigenvalue weighted by atomic mass is 16.5. The molecule has 2 aromatic carbocycles. The zero-order valence-electron chi connectivity index (χ0n) is 13.0. The molecule has 2 N–H and O–H groups in total. The molecular formula is C19H21NO2. The number of carbonyl (C=O) groups excluding carboxylic acids is 1. The van der Waals surface area contributed by atoms with E-state index in [0.29, 0.717) is 6.61 Å². The van der Waals surface area contributed by atoms with E-state index >= 15 is 0 Å². The largest absolute Gasteiger partial charge is 0.464 e. The van der Waals surface area contributed by atoms with E-state index in [-0.39, 0.29) is 17.8 Å². The first-order valence-corrected chi connectivity index (χ1v) is 7.70. The normalized spacial score (nSPS) is 14.5. The Morgan fingerprint density at radius 2 is 1.55 bits per heavy atom. The lowest BCUT2D eigenvalue weighted by Gasteiger charge is -2.18. The van der Waals surface area contributed by atoms with Gasteiger partial charge in [0.25, 0.3) is 0 Å². The van der Waals surface area contributed by atoms with Crippen LogP contribution in [0.2, 0.25) is 0 Å². The minimum Gasteiger partial charge on any atom is -0.464 e. The molecule has 2 aromatic rings. The number of nitrogens with two attached hydrogens (primary N) is 1. The lowest BCUT2D eigenvalue weighted by atomic mass is 9.98. The molecule has 22 heavy (non-hydrogen) atoms. The summed E-state index contributed by atoms with van der Waals surface area (Å²) in [5.74, 6) is -0.150. The Bertz CT molecular complexity index is 648. The molecule has 0 aliphatic heterocycles. The van der Waals surface area contributed by atoms with Crippen LogP contribution in [-0.4, -0.2) is 18.6 Å². The zero-order valence-corrected chi connectivity index (χ0v) is 13.0. The number of benzene rings is 2. The predicted molar refractivity (Wildman–Crippen MR) is 87.5 cm³/mol. The van der Waals surface area contributed by atoms with Gasteiger partial charge < -0.3 is 10.5 Å². The molecule has 3 nitrogen and oxygen atoms in total. The highest BCUT2D eigenvalue weighted by Crippen LogP contribution is 2.44. The second-order valence-electron chi connectivity index (χ2n) is 6.13. The van der Waals surface area contributed by atoms with Gasteiger partial charge in [-0.15, -0.1) is 0 Å². The number of carbonyl (C=O) groups is 1. The Morgan fingerprint density at radius 3 is 2.05 bits per heavy atom. The fourth-order valence-corrected chi connectivity index (χ4v) is 2.97. The summed E-state index contributed by atoms with van der Waals surface area (Å²) >= 11 is 0. The summed E-state index contributed by atoms with van der Waals surface area (Å²) in [5, 5.41) is 0. The third-order valence-corrected chi connectivity index (χ3v) is 4.35. The minimum absolute atomic E-state index is 0.0793. The van der Waals surface area contributed by atoms with E-state index in [9.17, 15) is 4.79 Å². The summed E-state index contributed by atoms with van der Waals surface area (Å²) in [6, 6.07) is 16.0. The first-order chi connectivity index (χ1) is 10.6. The van der Waals surface area contributed by atoms with Crippen LogP contribution in [-0.2, 0) is 9.53 Å². The molecule has 0 bridgehead atoms. The second-order valence-corrected chi connectivity index (χ2v) is 6.13. The third-order valence-electron chi connectivity index (χ3n) is 4.35. The Kier molecular flexibility index (Phi) is 3.99. The molecule has 1 aliphatic rings. The van der Waals surface area contributed by atoms with Crippen LogP contribution >= 0.6 is 0 Å². The number of fused-ring (bicyclic) bond motifs is 3. The first kappa shape index (κ1) is 14.8. The van der Waals surface area contributed by atoms with Crippen molar-refractivity contribution in [1.82, 2.24) is 0 Å². The van der Waals surface area contributed by atoms with Gasteiger partial charge in [-0.05, 0) is 28.2 Å². The minimum atomic E-state index is -0.563.